The second-order valence-corrected chi connectivity index (χ2v) is 11.1. The van der Waals surface area contributed by atoms with E-state index in [0.29, 0.717) is 17.0 Å². The van der Waals surface area contributed by atoms with Crippen LogP contribution in [0.2, 0.25) is 0 Å². The zero-order chi connectivity index (χ0) is 29.7. The summed E-state index contributed by atoms with van der Waals surface area (Å²) < 4.78 is 55.4. The average molecular weight is 579 g/mol. The molecule has 0 radical (unpaired) electrons. The summed E-state index contributed by atoms with van der Waals surface area (Å²) in [7, 11) is -1.34. The van der Waals surface area contributed by atoms with E-state index in [1.165, 1.54) is 44.7 Å². The molecule has 1 N–H and O–H groups in total. The van der Waals surface area contributed by atoms with Gasteiger partial charge in [-0.15, -0.1) is 0 Å². The van der Waals surface area contributed by atoms with Crippen molar-refractivity contribution in [3.8, 4) is 17.2 Å². The molecule has 0 saturated heterocycles. The second-order valence-electron chi connectivity index (χ2n) is 9.27. The molecule has 0 bridgehead atoms. The van der Waals surface area contributed by atoms with Crippen LogP contribution in [0.4, 0.5) is 10.1 Å². The number of aryl methyl sites for hydroxylation is 2. The molecule has 0 aliphatic heterocycles. The maximum Gasteiger partial charge on any atom is 0.264 e. The summed E-state index contributed by atoms with van der Waals surface area (Å²) in [6.07, 6.45) is 1.43. The molecule has 0 spiro atoms. The summed E-state index contributed by atoms with van der Waals surface area (Å²) in [4.78, 5) is 13.1. The molecule has 0 aliphatic carbocycles. The Hall–Kier alpha value is -4.64. The molecule has 0 saturated carbocycles. The Morgan fingerprint density at radius 2 is 1.71 bits per heavy atom. The first-order valence-corrected chi connectivity index (χ1v) is 14.1. The van der Waals surface area contributed by atoms with Gasteiger partial charge < -0.3 is 14.0 Å². The first kappa shape index (κ1) is 29.3. The molecule has 0 aliphatic rings. The fourth-order valence-corrected chi connectivity index (χ4v) is 5.81. The Labute approximate surface area is 238 Å². The number of amides is 1. The predicted octanol–water partition coefficient (Wildman–Crippen LogP) is 4.90. The SMILES string of the molecule is COc1ccc(OC)c(N(CC(=O)N/N=C\c2cc(C)n(-c3ccccc3F)c2C)S(=O)(=O)c2ccc(C)cc2)c1. The van der Waals surface area contributed by atoms with Crippen LogP contribution >= 0.6 is 0 Å². The van der Waals surface area contributed by atoms with E-state index in [2.05, 4.69) is 10.5 Å². The number of hydrogen-bond acceptors (Lipinski definition) is 6. The van der Waals surface area contributed by atoms with Gasteiger partial charge in [0.25, 0.3) is 15.9 Å². The number of para-hydroxylation sites is 1. The third-order valence-electron chi connectivity index (χ3n) is 6.51. The van der Waals surface area contributed by atoms with Gasteiger partial charge in [0.2, 0.25) is 0 Å². The van der Waals surface area contributed by atoms with E-state index in [4.69, 9.17) is 9.47 Å². The number of hydrazone groups is 1. The fourth-order valence-electron chi connectivity index (χ4n) is 4.39. The summed E-state index contributed by atoms with van der Waals surface area (Å²) in [6.45, 7) is 4.90. The Balaban J connectivity index is 1.63. The molecule has 9 nitrogen and oxygen atoms in total. The number of methoxy groups -OCH3 is 2. The highest BCUT2D eigenvalue weighted by molar-refractivity contribution is 7.92. The Morgan fingerprint density at radius 3 is 2.37 bits per heavy atom. The van der Waals surface area contributed by atoms with Gasteiger partial charge in [0.15, 0.2) is 0 Å². The van der Waals surface area contributed by atoms with Crippen molar-refractivity contribution < 1.29 is 27.1 Å². The first-order valence-electron chi connectivity index (χ1n) is 12.6. The van der Waals surface area contributed by atoms with Gasteiger partial charge in [0, 0.05) is 23.0 Å². The molecule has 4 aromatic rings. The molecule has 1 heterocycles. The lowest BCUT2D eigenvalue weighted by Gasteiger charge is -2.25. The van der Waals surface area contributed by atoms with E-state index in [9.17, 15) is 17.6 Å². The van der Waals surface area contributed by atoms with Crippen molar-refractivity contribution in [2.24, 2.45) is 5.10 Å². The summed E-state index contributed by atoms with van der Waals surface area (Å²) in [6, 6.07) is 19.2. The molecular weight excluding hydrogens is 547 g/mol. The van der Waals surface area contributed by atoms with Crippen molar-refractivity contribution in [1.82, 2.24) is 9.99 Å². The molecular formula is C30H31FN4O5S. The third-order valence-corrected chi connectivity index (χ3v) is 8.28. The Morgan fingerprint density at radius 1 is 1.00 bits per heavy atom. The smallest absolute Gasteiger partial charge is 0.264 e. The van der Waals surface area contributed by atoms with Crippen molar-refractivity contribution in [1.29, 1.82) is 0 Å². The molecule has 214 valence electrons. The highest BCUT2D eigenvalue weighted by Gasteiger charge is 2.30. The normalized spacial score (nSPS) is 11.5. The van der Waals surface area contributed by atoms with Gasteiger partial charge in [0.1, 0.15) is 23.9 Å². The van der Waals surface area contributed by atoms with Crippen LogP contribution in [0, 0.1) is 26.6 Å². The van der Waals surface area contributed by atoms with Crippen molar-refractivity contribution in [2.75, 3.05) is 25.1 Å². The highest BCUT2D eigenvalue weighted by atomic mass is 32.2. The summed E-state index contributed by atoms with van der Waals surface area (Å²) in [5.41, 5.74) is 5.97. The Kier molecular flexibility index (Phi) is 8.77. The minimum Gasteiger partial charge on any atom is -0.497 e. The van der Waals surface area contributed by atoms with Gasteiger partial charge >= 0.3 is 0 Å². The number of carbonyl (C=O) groups excluding carboxylic acids is 1. The second kappa shape index (κ2) is 12.3. The summed E-state index contributed by atoms with van der Waals surface area (Å²) in [5.74, 6) is -0.439. The molecule has 1 aromatic heterocycles. The van der Waals surface area contributed by atoms with Crippen molar-refractivity contribution in [3.63, 3.8) is 0 Å². The van der Waals surface area contributed by atoms with Crippen LogP contribution in [0.5, 0.6) is 11.5 Å². The van der Waals surface area contributed by atoms with Gasteiger partial charge in [-0.25, -0.2) is 18.2 Å². The van der Waals surface area contributed by atoms with Crippen molar-refractivity contribution in [2.45, 2.75) is 25.7 Å². The molecule has 0 fully saturated rings. The monoisotopic (exact) mass is 578 g/mol. The number of nitrogens with zero attached hydrogens (tertiary/aromatic N) is 3. The Bertz CT molecular complexity index is 1700. The largest absolute Gasteiger partial charge is 0.497 e. The average Bonchev–Trinajstić information content (AvgIpc) is 3.24. The zero-order valence-electron chi connectivity index (χ0n) is 23.4. The minimum absolute atomic E-state index is 0.00450. The number of halogens is 1. The topological polar surface area (TPSA) is 102 Å². The van der Waals surface area contributed by atoms with E-state index in [1.54, 1.807) is 47.0 Å². The number of hydrogen-bond donors (Lipinski definition) is 1. The van der Waals surface area contributed by atoms with E-state index in [1.807, 2.05) is 26.8 Å². The number of sulfonamides is 1. The van der Waals surface area contributed by atoms with Gasteiger partial charge in [-0.05, 0) is 63.2 Å². The number of rotatable bonds is 10. The molecule has 41 heavy (non-hydrogen) atoms. The van der Waals surface area contributed by atoms with Crippen LogP contribution in [0.3, 0.4) is 0 Å². The standard InChI is InChI=1S/C30H31FN4O5S/c1-20-10-13-25(14-11-20)41(37,38)34(28-17-24(39-4)12-15-29(28)40-5)19-30(36)33-32-18-23-16-21(2)35(22(23)3)27-9-7-6-8-26(27)31/h6-18H,19H2,1-5H3,(H,33,36)/b32-18-. The lowest BCUT2D eigenvalue weighted by molar-refractivity contribution is -0.119. The number of aromatic nitrogens is 1. The predicted molar refractivity (Wildman–Crippen MR) is 156 cm³/mol. The molecule has 0 atom stereocenters. The lowest BCUT2D eigenvalue weighted by Crippen LogP contribution is -2.39. The van der Waals surface area contributed by atoms with Gasteiger partial charge in [0.05, 0.1) is 36.7 Å². The molecule has 11 heteroatoms. The minimum atomic E-state index is -4.20. The lowest BCUT2D eigenvalue weighted by atomic mass is 10.2. The fraction of sp³-hybridized carbons (Fsp3) is 0.200. The first-order chi connectivity index (χ1) is 19.6. The molecule has 4 rings (SSSR count). The third kappa shape index (κ3) is 6.25. The molecule has 3 aromatic carbocycles. The number of benzene rings is 3. The summed E-state index contributed by atoms with van der Waals surface area (Å²) in [5, 5.41) is 4.05. The van der Waals surface area contributed by atoms with Crippen LogP contribution in [-0.2, 0) is 14.8 Å². The maximum atomic E-state index is 14.4. The molecule has 0 unspecified atom stereocenters. The maximum absolute atomic E-state index is 14.4. The number of carbonyl (C=O) groups is 1. The van der Waals surface area contributed by atoms with E-state index < -0.39 is 22.5 Å². The van der Waals surface area contributed by atoms with Gasteiger partial charge in [-0.3, -0.25) is 9.10 Å². The van der Waals surface area contributed by atoms with Crippen LogP contribution < -0.4 is 19.2 Å². The van der Waals surface area contributed by atoms with Crippen molar-refractivity contribution >= 4 is 27.8 Å². The molecule has 1 amide bonds. The van der Waals surface area contributed by atoms with Crippen LogP contribution in [0.1, 0.15) is 22.5 Å². The summed E-state index contributed by atoms with van der Waals surface area (Å²) >= 11 is 0. The highest BCUT2D eigenvalue weighted by Crippen LogP contribution is 2.35. The number of ether oxygens (including phenoxy) is 2. The number of anilines is 1. The van der Waals surface area contributed by atoms with Gasteiger partial charge in [-0.2, -0.15) is 5.10 Å². The van der Waals surface area contributed by atoms with Crippen LogP contribution in [-0.4, -0.2) is 45.9 Å². The zero-order valence-corrected chi connectivity index (χ0v) is 24.2. The number of nitrogens with one attached hydrogen (secondary N) is 1. The van der Waals surface area contributed by atoms with E-state index in [0.717, 1.165) is 21.3 Å². The van der Waals surface area contributed by atoms with E-state index >= 15 is 0 Å². The van der Waals surface area contributed by atoms with Crippen LogP contribution in [0.15, 0.2) is 82.8 Å². The van der Waals surface area contributed by atoms with Crippen LogP contribution in [0.25, 0.3) is 5.69 Å². The van der Waals surface area contributed by atoms with Gasteiger partial charge in [-0.1, -0.05) is 29.8 Å². The van der Waals surface area contributed by atoms with E-state index in [-0.39, 0.29) is 22.1 Å². The quantitative estimate of drug-likeness (QED) is 0.213. The van der Waals surface area contributed by atoms with Crippen molar-refractivity contribution in [3.05, 3.63) is 101 Å².